The zero-order valence-electron chi connectivity index (χ0n) is 2.73. The predicted octanol–water partition coefficient (Wildman–Crippen LogP) is -0.369. The quantitative estimate of drug-likeness (QED) is 0.413. The van der Waals surface area contributed by atoms with Crippen LogP contribution in [0.25, 0.3) is 0 Å². The summed E-state index contributed by atoms with van der Waals surface area (Å²) in [7, 11) is 0. The Labute approximate surface area is 30.3 Å². The van der Waals surface area contributed by atoms with E-state index >= 15 is 0 Å². The molecular formula is C2H5NO2. The lowest BCUT2D eigenvalue weighted by Gasteiger charge is -1.79. The monoisotopic (exact) mass is 75.0 g/mol. The van der Waals surface area contributed by atoms with Gasteiger partial charge < -0.3 is 0 Å². The van der Waals surface area contributed by atoms with E-state index in [9.17, 15) is 5.11 Å². The Hall–Kier alpha value is -0.120. The standard InChI is InChI=1S/C2H5NO2/c3-5-2-1-4/h3H,1-2H2. The molecule has 2 radical (unpaired) electrons. The maximum Gasteiger partial charge on any atom is 0.108 e. The first-order chi connectivity index (χ1) is 2.41. The highest BCUT2D eigenvalue weighted by atomic mass is 16.6. The van der Waals surface area contributed by atoms with Gasteiger partial charge in [-0.1, -0.05) is 0 Å². The first kappa shape index (κ1) is 4.88. The minimum absolute atomic E-state index is 0. The first-order valence-electron chi connectivity index (χ1n) is 1.28. The Morgan fingerprint density at radius 1 is 1.80 bits per heavy atom. The molecule has 0 aliphatic rings. The molecule has 0 saturated carbocycles. The molecule has 0 heterocycles. The Balaban J connectivity index is 2.19. The maximum absolute atomic E-state index is 9.28. The van der Waals surface area contributed by atoms with Crippen molar-refractivity contribution in [1.29, 1.82) is 0 Å². The fraction of sp³-hybridized carbons (Fsp3) is 1.00. The summed E-state index contributed by atoms with van der Waals surface area (Å²) in [5.41, 5.74) is 0. The van der Waals surface area contributed by atoms with E-state index in [-0.39, 0.29) is 13.2 Å². The molecule has 0 unspecified atom stereocenters. The molecule has 0 amide bonds. The van der Waals surface area contributed by atoms with E-state index in [0.29, 0.717) is 0 Å². The van der Waals surface area contributed by atoms with Crippen LogP contribution in [-0.2, 0) is 9.94 Å². The van der Waals surface area contributed by atoms with Gasteiger partial charge in [-0.2, -0.15) is 0 Å². The van der Waals surface area contributed by atoms with Crippen LogP contribution in [0.3, 0.4) is 0 Å². The highest BCUT2D eigenvalue weighted by Gasteiger charge is 1.71. The van der Waals surface area contributed by atoms with Crippen molar-refractivity contribution in [1.82, 2.24) is 5.90 Å². The lowest BCUT2D eigenvalue weighted by Crippen LogP contribution is -1.92. The zero-order valence-corrected chi connectivity index (χ0v) is 2.73. The summed E-state index contributed by atoms with van der Waals surface area (Å²) in [5, 5.41) is 9.28. The SMILES string of the molecule is [NH]OCC[O]. The summed E-state index contributed by atoms with van der Waals surface area (Å²) in [6.07, 6.45) is 0. The molecule has 0 aliphatic carbocycles. The van der Waals surface area contributed by atoms with Gasteiger partial charge in [0, 0.05) is 0 Å². The maximum atomic E-state index is 9.28. The summed E-state index contributed by atoms with van der Waals surface area (Å²) >= 11 is 0. The molecule has 3 heteroatoms. The van der Waals surface area contributed by atoms with Gasteiger partial charge in [0.15, 0.2) is 0 Å². The summed E-state index contributed by atoms with van der Waals surface area (Å²) in [6, 6.07) is 0. The minimum Gasteiger partial charge on any atom is -0.283 e. The average Bonchev–Trinajstić information content (AvgIpc) is 1.41. The molecule has 0 spiro atoms. The van der Waals surface area contributed by atoms with Gasteiger partial charge in [0.2, 0.25) is 0 Å². The number of hydrogen-bond acceptors (Lipinski definition) is 1. The van der Waals surface area contributed by atoms with E-state index < -0.39 is 0 Å². The zero-order chi connectivity index (χ0) is 4.12. The number of hydrogen-bond donors (Lipinski definition) is 0. The van der Waals surface area contributed by atoms with Crippen LogP contribution in [-0.4, -0.2) is 13.2 Å². The van der Waals surface area contributed by atoms with Crippen LogP contribution >= 0.6 is 0 Å². The van der Waals surface area contributed by atoms with Crippen molar-refractivity contribution in [3.05, 3.63) is 0 Å². The third-order valence-electron chi connectivity index (χ3n) is 0.185. The van der Waals surface area contributed by atoms with E-state index in [4.69, 9.17) is 5.90 Å². The van der Waals surface area contributed by atoms with E-state index in [1.165, 1.54) is 0 Å². The lowest BCUT2D eigenvalue weighted by molar-refractivity contribution is 0.0528. The second kappa shape index (κ2) is 3.88. The predicted molar refractivity (Wildman–Crippen MR) is 14.6 cm³/mol. The van der Waals surface area contributed by atoms with Crippen LogP contribution < -0.4 is 5.90 Å². The second-order valence-corrected chi connectivity index (χ2v) is 0.553. The molecule has 0 bridgehead atoms. The van der Waals surface area contributed by atoms with E-state index in [1.54, 1.807) is 0 Å². The van der Waals surface area contributed by atoms with Crippen molar-refractivity contribution in [3.8, 4) is 0 Å². The van der Waals surface area contributed by atoms with Gasteiger partial charge in [0.05, 0.1) is 6.61 Å². The molecule has 0 rings (SSSR count). The molecule has 30 valence electrons. The topological polar surface area (TPSA) is 52.9 Å². The molecule has 0 fully saturated rings. The Kier molecular flexibility index (Phi) is 3.79. The second-order valence-electron chi connectivity index (χ2n) is 0.553. The molecule has 0 saturated heterocycles. The third-order valence-corrected chi connectivity index (χ3v) is 0.185. The molecule has 0 aromatic rings. The van der Waals surface area contributed by atoms with Gasteiger partial charge in [-0.05, 0) is 0 Å². The van der Waals surface area contributed by atoms with Crippen LogP contribution in [0.4, 0.5) is 0 Å². The van der Waals surface area contributed by atoms with Gasteiger partial charge in [0.1, 0.15) is 6.61 Å². The van der Waals surface area contributed by atoms with Crippen molar-refractivity contribution in [2.75, 3.05) is 13.2 Å². The van der Waals surface area contributed by atoms with Gasteiger partial charge in [-0.3, -0.25) is 4.84 Å². The summed E-state index contributed by atoms with van der Waals surface area (Å²) in [5.74, 6) is 5.90. The number of nitrogens with one attached hydrogen (secondary N) is 1. The van der Waals surface area contributed by atoms with Crippen molar-refractivity contribution < 1.29 is 9.94 Å². The molecule has 0 atom stereocenters. The van der Waals surface area contributed by atoms with Crippen LogP contribution in [0, 0.1) is 0 Å². The van der Waals surface area contributed by atoms with Crippen LogP contribution in [0.2, 0.25) is 0 Å². The van der Waals surface area contributed by atoms with Gasteiger partial charge in [-0.15, -0.1) is 5.90 Å². The van der Waals surface area contributed by atoms with Crippen molar-refractivity contribution in [3.63, 3.8) is 0 Å². The van der Waals surface area contributed by atoms with E-state index in [0.717, 1.165) is 0 Å². The van der Waals surface area contributed by atoms with Crippen molar-refractivity contribution >= 4 is 0 Å². The molecule has 0 aromatic heterocycles. The highest BCUT2D eigenvalue weighted by Crippen LogP contribution is 1.55. The smallest absolute Gasteiger partial charge is 0.108 e. The highest BCUT2D eigenvalue weighted by molar-refractivity contribution is 4.10. The third kappa shape index (κ3) is 3.88. The molecule has 1 N–H and O–H groups in total. The van der Waals surface area contributed by atoms with E-state index in [2.05, 4.69) is 4.84 Å². The molecule has 3 nitrogen and oxygen atoms in total. The number of rotatable bonds is 2. The fourth-order valence-electron chi connectivity index (χ4n) is 0.0417. The van der Waals surface area contributed by atoms with Crippen LogP contribution in [0.5, 0.6) is 0 Å². The molecular weight excluding hydrogens is 70.0 g/mol. The minimum atomic E-state index is -0.316. The largest absolute Gasteiger partial charge is 0.283 e. The molecule has 0 aliphatic heterocycles. The van der Waals surface area contributed by atoms with Gasteiger partial charge in [0.25, 0.3) is 0 Å². The lowest BCUT2D eigenvalue weighted by atomic mass is 10.8. The van der Waals surface area contributed by atoms with Crippen molar-refractivity contribution in [2.24, 2.45) is 0 Å². The summed E-state index contributed by atoms with van der Waals surface area (Å²) in [4.78, 5) is 3.63. The summed E-state index contributed by atoms with van der Waals surface area (Å²) < 4.78 is 0. The Morgan fingerprint density at radius 2 is 2.40 bits per heavy atom. The average molecular weight is 75.1 g/mol. The normalized spacial score (nSPS) is 8.40. The Bertz CT molecular complexity index is 15.1. The van der Waals surface area contributed by atoms with Crippen molar-refractivity contribution in [2.45, 2.75) is 0 Å². The Morgan fingerprint density at radius 3 is 2.40 bits per heavy atom. The summed E-state index contributed by atoms with van der Waals surface area (Å²) in [6.45, 7) is -0.316. The van der Waals surface area contributed by atoms with Gasteiger partial charge >= 0.3 is 0 Å². The van der Waals surface area contributed by atoms with Crippen LogP contribution in [0.15, 0.2) is 0 Å². The van der Waals surface area contributed by atoms with Crippen LogP contribution in [0.1, 0.15) is 0 Å². The fourth-order valence-corrected chi connectivity index (χ4v) is 0.0417. The van der Waals surface area contributed by atoms with Gasteiger partial charge in [-0.25, -0.2) is 5.11 Å². The molecule has 5 heavy (non-hydrogen) atoms. The first-order valence-corrected chi connectivity index (χ1v) is 1.28. The molecule has 0 aromatic carbocycles. The van der Waals surface area contributed by atoms with E-state index in [1.807, 2.05) is 0 Å².